The molecule has 2 aromatic heterocycles. The number of hydrogen-bond acceptors (Lipinski definition) is 11. The van der Waals surface area contributed by atoms with Crippen molar-refractivity contribution in [1.82, 2.24) is 9.97 Å². The molecule has 5 rings (SSSR count). The average Bonchev–Trinajstić information content (AvgIpc) is 3.81. The molecule has 1 unspecified atom stereocenters. The van der Waals surface area contributed by atoms with Crippen LogP contribution < -0.4 is 19.9 Å². The predicted octanol–water partition coefficient (Wildman–Crippen LogP) is 2.37. The van der Waals surface area contributed by atoms with Crippen LogP contribution in [0.4, 0.5) is 8.78 Å². The molecule has 3 aromatic rings. The number of aromatic nitrogens is 2. The molecule has 2 fully saturated rings. The number of benzene rings is 1. The Bertz CT molecular complexity index is 1380. The van der Waals surface area contributed by atoms with Gasteiger partial charge >= 0.3 is 6.61 Å². The quantitative estimate of drug-likeness (QED) is 0.202. The van der Waals surface area contributed by atoms with E-state index >= 15 is 0 Å². The monoisotopic (exact) mass is 617 g/mol. The first kappa shape index (κ1) is 31.9. The lowest BCUT2D eigenvalue weighted by Gasteiger charge is -2.40. The number of nitrogens with two attached hydrogens (primary N) is 1. The molecule has 238 valence electrons. The van der Waals surface area contributed by atoms with Gasteiger partial charge in [0.1, 0.15) is 23.9 Å². The van der Waals surface area contributed by atoms with E-state index in [9.17, 15) is 29.2 Å². The Labute approximate surface area is 253 Å². The molecule has 6 atom stereocenters. The SMILES string of the molecule is CC(C)(O)c1ccc(C(Cc2ccc(O[C@@H]3O[C@H](CO)[C@@H](O)[C@H](O)[C@H]3N)nc2)c2ccc(OC(F)F)c(OC3CC3)c2)cn1. The lowest BCUT2D eigenvalue weighted by Crippen LogP contribution is -2.63. The molecule has 3 heterocycles. The zero-order valence-corrected chi connectivity index (χ0v) is 24.3. The Balaban J connectivity index is 1.40. The van der Waals surface area contributed by atoms with Gasteiger partial charge in [-0.15, -0.1) is 0 Å². The third-order valence-electron chi connectivity index (χ3n) is 7.62. The zero-order valence-electron chi connectivity index (χ0n) is 24.3. The summed E-state index contributed by atoms with van der Waals surface area (Å²) in [5.41, 5.74) is 7.70. The highest BCUT2D eigenvalue weighted by atomic mass is 19.3. The van der Waals surface area contributed by atoms with Crippen LogP contribution in [0.15, 0.2) is 54.9 Å². The van der Waals surface area contributed by atoms with Crippen molar-refractivity contribution in [2.45, 2.75) is 88.0 Å². The maximum atomic E-state index is 13.1. The molecule has 1 aliphatic heterocycles. The molecular weight excluding hydrogens is 580 g/mol. The molecule has 1 aliphatic carbocycles. The Morgan fingerprint density at radius 3 is 2.32 bits per heavy atom. The summed E-state index contributed by atoms with van der Waals surface area (Å²) >= 11 is 0. The molecule has 0 bridgehead atoms. The van der Waals surface area contributed by atoms with Crippen LogP contribution >= 0.6 is 0 Å². The molecule has 0 amide bonds. The molecule has 44 heavy (non-hydrogen) atoms. The molecule has 1 saturated carbocycles. The Hall–Kier alpha value is -3.46. The van der Waals surface area contributed by atoms with Crippen LogP contribution in [-0.4, -0.2) is 80.4 Å². The third kappa shape index (κ3) is 7.60. The molecule has 2 aliphatic rings. The summed E-state index contributed by atoms with van der Waals surface area (Å²) in [6, 6.07) is 10.8. The maximum absolute atomic E-state index is 13.1. The Kier molecular flexibility index (Phi) is 9.63. The summed E-state index contributed by atoms with van der Waals surface area (Å²) in [4.78, 5) is 8.82. The summed E-state index contributed by atoms with van der Waals surface area (Å²) in [7, 11) is 0. The van der Waals surface area contributed by atoms with Crippen LogP contribution in [-0.2, 0) is 16.8 Å². The molecule has 1 aromatic carbocycles. The van der Waals surface area contributed by atoms with Crippen molar-refractivity contribution in [2.24, 2.45) is 5.73 Å². The molecule has 1 saturated heterocycles. The minimum Gasteiger partial charge on any atom is -0.487 e. The number of ether oxygens (including phenoxy) is 4. The lowest BCUT2D eigenvalue weighted by molar-refractivity contribution is -0.240. The van der Waals surface area contributed by atoms with Crippen LogP contribution in [0.3, 0.4) is 0 Å². The van der Waals surface area contributed by atoms with E-state index in [1.807, 2.05) is 6.07 Å². The van der Waals surface area contributed by atoms with E-state index in [-0.39, 0.29) is 29.4 Å². The summed E-state index contributed by atoms with van der Waals surface area (Å²) < 4.78 is 48.1. The van der Waals surface area contributed by atoms with E-state index in [2.05, 4.69) is 9.97 Å². The van der Waals surface area contributed by atoms with Gasteiger partial charge in [-0.25, -0.2) is 4.98 Å². The van der Waals surface area contributed by atoms with E-state index < -0.39 is 49.5 Å². The largest absolute Gasteiger partial charge is 0.487 e. The van der Waals surface area contributed by atoms with Gasteiger partial charge in [0.15, 0.2) is 11.5 Å². The van der Waals surface area contributed by atoms with Crippen LogP contribution in [0.2, 0.25) is 0 Å². The van der Waals surface area contributed by atoms with Gasteiger partial charge in [0.25, 0.3) is 0 Å². The lowest BCUT2D eigenvalue weighted by atomic mass is 9.86. The van der Waals surface area contributed by atoms with E-state index in [1.165, 1.54) is 6.07 Å². The van der Waals surface area contributed by atoms with Gasteiger partial charge in [-0.1, -0.05) is 18.2 Å². The minimum absolute atomic E-state index is 0.0442. The first-order valence-corrected chi connectivity index (χ1v) is 14.4. The highest BCUT2D eigenvalue weighted by Crippen LogP contribution is 2.39. The van der Waals surface area contributed by atoms with Gasteiger partial charge in [-0.3, -0.25) is 4.98 Å². The first-order valence-electron chi connectivity index (χ1n) is 14.4. The summed E-state index contributed by atoms with van der Waals surface area (Å²) in [5.74, 6) is 0.0230. The molecule has 11 nitrogen and oxygen atoms in total. The van der Waals surface area contributed by atoms with Crippen LogP contribution in [0.5, 0.6) is 17.4 Å². The van der Waals surface area contributed by atoms with Gasteiger partial charge in [0.2, 0.25) is 12.2 Å². The fourth-order valence-corrected chi connectivity index (χ4v) is 4.96. The Morgan fingerprint density at radius 2 is 1.73 bits per heavy atom. The normalized spacial score (nSPS) is 24.6. The van der Waals surface area contributed by atoms with Gasteiger partial charge in [0.05, 0.1) is 24.4 Å². The topological polar surface area (TPSA) is 170 Å². The second kappa shape index (κ2) is 13.3. The van der Waals surface area contributed by atoms with Gasteiger partial charge in [-0.05, 0) is 68.0 Å². The maximum Gasteiger partial charge on any atom is 0.387 e. The van der Waals surface area contributed by atoms with Crippen molar-refractivity contribution < 1.29 is 48.2 Å². The average molecular weight is 618 g/mol. The van der Waals surface area contributed by atoms with Crippen LogP contribution in [0, 0.1) is 0 Å². The molecule has 0 radical (unpaired) electrons. The number of halogens is 2. The third-order valence-corrected chi connectivity index (χ3v) is 7.62. The van der Waals surface area contributed by atoms with Crippen molar-refractivity contribution in [3.8, 4) is 17.4 Å². The highest BCUT2D eigenvalue weighted by molar-refractivity contribution is 5.47. The van der Waals surface area contributed by atoms with E-state index in [0.29, 0.717) is 12.1 Å². The number of aliphatic hydroxyl groups excluding tert-OH is 3. The molecule has 13 heteroatoms. The number of nitrogens with zero attached hydrogens (tertiary/aromatic N) is 2. The number of aliphatic hydroxyl groups is 4. The van der Waals surface area contributed by atoms with Gasteiger partial charge in [0, 0.05) is 24.4 Å². The van der Waals surface area contributed by atoms with Crippen LogP contribution in [0.25, 0.3) is 0 Å². The number of alkyl halides is 2. The summed E-state index contributed by atoms with van der Waals surface area (Å²) in [5, 5.41) is 40.1. The standard InChI is InChI=1S/C31H37F2N3O8/c1-31(2,40)24-9-5-18(14-35-24)20(17-4-8-21(43-30(32)33)22(12-17)41-19-6-7-19)11-16-3-10-25(36-13-16)44-29-26(34)28(39)27(38)23(15-37)42-29/h3-5,8-10,12-14,19-20,23,26-30,37-40H,6-7,11,15,34H2,1-2H3/t20?,23-,26-,27-,28-,29+/m1/s1. The number of rotatable bonds is 12. The second-order valence-corrected chi connectivity index (χ2v) is 11.6. The van der Waals surface area contributed by atoms with E-state index in [1.54, 1.807) is 56.6 Å². The first-order chi connectivity index (χ1) is 20.9. The highest BCUT2D eigenvalue weighted by Gasteiger charge is 2.43. The summed E-state index contributed by atoms with van der Waals surface area (Å²) in [6.45, 7) is -0.251. The minimum atomic E-state index is -3.00. The fourth-order valence-electron chi connectivity index (χ4n) is 4.96. The van der Waals surface area contributed by atoms with E-state index in [4.69, 9.17) is 24.7 Å². The smallest absolute Gasteiger partial charge is 0.387 e. The summed E-state index contributed by atoms with van der Waals surface area (Å²) in [6.07, 6.45) is 0.356. The van der Waals surface area contributed by atoms with Crippen molar-refractivity contribution in [1.29, 1.82) is 0 Å². The number of pyridine rings is 2. The van der Waals surface area contributed by atoms with Crippen molar-refractivity contribution in [2.75, 3.05) is 6.61 Å². The van der Waals surface area contributed by atoms with Crippen molar-refractivity contribution in [3.05, 3.63) is 77.2 Å². The van der Waals surface area contributed by atoms with Crippen molar-refractivity contribution >= 4 is 0 Å². The number of hydrogen-bond donors (Lipinski definition) is 5. The molecular formula is C31H37F2N3O8. The second-order valence-electron chi connectivity index (χ2n) is 11.6. The zero-order chi connectivity index (χ0) is 31.6. The van der Waals surface area contributed by atoms with Crippen LogP contribution in [0.1, 0.15) is 55.0 Å². The Morgan fingerprint density at radius 1 is 0.977 bits per heavy atom. The van der Waals surface area contributed by atoms with Gasteiger partial charge in [-0.2, -0.15) is 8.78 Å². The van der Waals surface area contributed by atoms with Crippen molar-refractivity contribution in [3.63, 3.8) is 0 Å². The van der Waals surface area contributed by atoms with E-state index in [0.717, 1.165) is 29.5 Å². The predicted molar refractivity (Wildman–Crippen MR) is 152 cm³/mol. The fraction of sp³-hybridized carbons (Fsp3) is 0.484. The molecule has 6 N–H and O–H groups in total. The van der Waals surface area contributed by atoms with Gasteiger partial charge < -0.3 is 45.1 Å². The molecule has 0 spiro atoms.